The van der Waals surface area contributed by atoms with Gasteiger partial charge in [0.2, 0.25) is 11.8 Å². The molecule has 2 aliphatic rings. The van der Waals surface area contributed by atoms with Gasteiger partial charge in [0.15, 0.2) is 0 Å². The molecule has 2 aliphatic heterocycles. The average Bonchev–Trinajstić information content (AvgIpc) is 2.98. The second-order valence-corrected chi connectivity index (χ2v) is 12.1. The number of carbonyl (C=O) groups is 4. The molecule has 1 saturated heterocycles. The van der Waals surface area contributed by atoms with Gasteiger partial charge in [0.05, 0.1) is 17.7 Å². The summed E-state index contributed by atoms with van der Waals surface area (Å²) in [5, 5.41) is 8.80. The van der Waals surface area contributed by atoms with Crippen molar-refractivity contribution in [1.82, 2.24) is 26.1 Å². The van der Waals surface area contributed by atoms with Crippen molar-refractivity contribution in [1.29, 1.82) is 0 Å². The largest absolute Gasteiger partial charge is 0.456 e. The van der Waals surface area contributed by atoms with Crippen molar-refractivity contribution in [3.05, 3.63) is 47.8 Å². The summed E-state index contributed by atoms with van der Waals surface area (Å²) in [4.78, 5) is 57.9. The Kier molecular flexibility index (Phi) is 9.86. The molecule has 1 aromatic carbocycles. The van der Waals surface area contributed by atoms with E-state index in [1.165, 1.54) is 12.1 Å². The first-order chi connectivity index (χ1) is 20.3. The number of amides is 3. The Bertz CT molecular complexity index is 1410. The number of pyridine rings is 1. The van der Waals surface area contributed by atoms with Crippen LogP contribution in [0.25, 0.3) is 16.8 Å². The Labute approximate surface area is 252 Å². The monoisotopic (exact) mass is 593 g/mol. The summed E-state index contributed by atoms with van der Waals surface area (Å²) >= 11 is 0. The van der Waals surface area contributed by atoms with Crippen LogP contribution in [0, 0.1) is 11.8 Å². The fourth-order valence-electron chi connectivity index (χ4n) is 5.40. The normalized spacial score (nSPS) is 29.7. The lowest BCUT2D eigenvalue weighted by molar-refractivity contribution is -0.164. The first-order valence-electron chi connectivity index (χ1n) is 14.8. The second-order valence-electron chi connectivity index (χ2n) is 12.1. The van der Waals surface area contributed by atoms with Crippen LogP contribution in [-0.4, -0.2) is 71.1 Å². The Balaban J connectivity index is 1.71. The molecule has 5 bridgehead atoms. The van der Waals surface area contributed by atoms with E-state index in [-0.39, 0.29) is 11.8 Å². The lowest BCUT2D eigenvalue weighted by atomic mass is 9.94. The van der Waals surface area contributed by atoms with Crippen molar-refractivity contribution in [3.63, 3.8) is 0 Å². The van der Waals surface area contributed by atoms with Gasteiger partial charge in [-0.05, 0) is 68.7 Å². The fourth-order valence-corrected chi connectivity index (χ4v) is 5.40. The van der Waals surface area contributed by atoms with E-state index < -0.39 is 53.5 Å². The van der Waals surface area contributed by atoms with Crippen molar-refractivity contribution < 1.29 is 28.7 Å². The number of ether oxygens (including phenoxy) is 2. The smallest absolute Gasteiger partial charge is 0.328 e. The molecule has 3 heterocycles. The van der Waals surface area contributed by atoms with Crippen LogP contribution in [0.4, 0.5) is 0 Å². The highest BCUT2D eigenvalue weighted by molar-refractivity contribution is 5.93. The van der Waals surface area contributed by atoms with Gasteiger partial charge in [-0.25, -0.2) is 10.2 Å². The maximum absolute atomic E-state index is 13.4. The van der Waals surface area contributed by atoms with E-state index in [9.17, 15) is 19.2 Å². The van der Waals surface area contributed by atoms with Gasteiger partial charge >= 0.3 is 5.97 Å². The van der Waals surface area contributed by atoms with Gasteiger partial charge in [-0.3, -0.25) is 24.4 Å². The summed E-state index contributed by atoms with van der Waals surface area (Å²) in [7, 11) is 1.52. The van der Waals surface area contributed by atoms with Crippen LogP contribution < -0.4 is 16.1 Å². The Morgan fingerprint density at radius 3 is 2.49 bits per heavy atom. The third-order valence-electron chi connectivity index (χ3n) is 8.29. The Morgan fingerprint density at radius 2 is 1.79 bits per heavy atom. The molecule has 1 fully saturated rings. The SMILES string of the molecule is CO[C@@H]1C=Cc2cc3cc(ccc3cn2)[C@@H](C)OC(=O)[C@]2(C)CCCN(N2)C(=O)[C@H](C)NC(=O)[C@H](C(C)C)NC(=O)[C@@H]1C. The summed E-state index contributed by atoms with van der Waals surface area (Å²) in [6.45, 7) is 10.8. The van der Waals surface area contributed by atoms with Gasteiger partial charge in [0.1, 0.15) is 23.7 Å². The van der Waals surface area contributed by atoms with Crippen molar-refractivity contribution in [2.75, 3.05) is 13.7 Å². The van der Waals surface area contributed by atoms with Crippen LogP contribution in [-0.2, 0) is 28.7 Å². The zero-order valence-corrected chi connectivity index (χ0v) is 26.0. The lowest BCUT2D eigenvalue weighted by Gasteiger charge is -2.41. The topological polar surface area (TPSA) is 139 Å². The van der Waals surface area contributed by atoms with E-state index in [0.29, 0.717) is 25.1 Å². The molecule has 0 radical (unpaired) electrons. The van der Waals surface area contributed by atoms with E-state index >= 15 is 0 Å². The molecular weight excluding hydrogens is 550 g/mol. The van der Waals surface area contributed by atoms with E-state index in [1.54, 1.807) is 39.1 Å². The predicted octanol–water partition coefficient (Wildman–Crippen LogP) is 3.05. The number of benzene rings is 1. The summed E-state index contributed by atoms with van der Waals surface area (Å²) in [6, 6.07) is 5.93. The van der Waals surface area contributed by atoms with Crippen molar-refractivity contribution >= 4 is 40.5 Å². The number of esters is 1. The maximum atomic E-state index is 13.4. The fraction of sp³-hybridized carbons (Fsp3) is 0.531. The van der Waals surface area contributed by atoms with Gasteiger partial charge in [-0.1, -0.05) is 39.0 Å². The van der Waals surface area contributed by atoms with Crippen molar-refractivity contribution in [2.24, 2.45) is 11.8 Å². The molecule has 11 nitrogen and oxygen atoms in total. The molecule has 1 aromatic heterocycles. The number of hydrazine groups is 1. The number of rotatable bonds is 2. The van der Waals surface area contributed by atoms with E-state index in [2.05, 4.69) is 21.0 Å². The third kappa shape index (κ3) is 7.22. The summed E-state index contributed by atoms with van der Waals surface area (Å²) in [5.74, 6) is -2.58. The molecular formula is C32H43N5O6. The highest BCUT2D eigenvalue weighted by Gasteiger charge is 2.42. The van der Waals surface area contributed by atoms with E-state index in [4.69, 9.17) is 9.47 Å². The number of hydrogen-bond donors (Lipinski definition) is 3. The molecule has 0 aliphatic carbocycles. The molecule has 3 N–H and O–H groups in total. The molecule has 232 valence electrons. The van der Waals surface area contributed by atoms with Gasteiger partial charge in [0, 0.05) is 25.2 Å². The molecule has 2 aromatic rings. The Hall–Kier alpha value is -3.83. The summed E-state index contributed by atoms with van der Waals surface area (Å²) in [5.41, 5.74) is 3.41. The Morgan fingerprint density at radius 1 is 1.05 bits per heavy atom. The van der Waals surface area contributed by atoms with Crippen molar-refractivity contribution in [2.45, 2.75) is 84.2 Å². The number of cyclic esters (lactones) is 1. The van der Waals surface area contributed by atoms with Gasteiger partial charge < -0.3 is 20.1 Å². The number of methoxy groups -OCH3 is 1. The third-order valence-corrected chi connectivity index (χ3v) is 8.29. The predicted molar refractivity (Wildman–Crippen MR) is 162 cm³/mol. The highest BCUT2D eigenvalue weighted by Crippen LogP contribution is 2.27. The number of hydrogen-bond acceptors (Lipinski definition) is 8. The molecule has 11 heteroatoms. The molecule has 0 unspecified atom stereocenters. The molecule has 4 rings (SSSR count). The molecule has 6 atom stereocenters. The van der Waals surface area contributed by atoms with Gasteiger partial charge in [-0.2, -0.15) is 0 Å². The van der Waals surface area contributed by atoms with Crippen LogP contribution in [0.5, 0.6) is 0 Å². The number of carbonyl (C=O) groups excluding carboxylic acids is 4. The summed E-state index contributed by atoms with van der Waals surface area (Å²) in [6.07, 6.45) is 5.24. The average molecular weight is 594 g/mol. The highest BCUT2D eigenvalue weighted by atomic mass is 16.5. The second kappa shape index (κ2) is 13.2. The van der Waals surface area contributed by atoms with Crippen LogP contribution in [0.2, 0.25) is 0 Å². The molecule has 3 amide bonds. The number of fused-ring (bicyclic) bond motifs is 4. The maximum Gasteiger partial charge on any atom is 0.328 e. The standard InChI is InChI=1S/C32H43N5O6/c1-18(2)27-29(39)34-20(4)30(40)37-14-8-13-32(6,36-37)31(41)43-21(5)22-9-10-23-17-33-25(16-24(23)15-22)11-12-26(42-7)19(3)28(38)35-27/h9-12,15-21,26-27,36H,8,13-14H2,1-7H3,(H,34,39)(H,35,38)/t19-,20+,21-,26-,27+,32+/m1/s1. The first-order valence-corrected chi connectivity index (χ1v) is 14.8. The lowest BCUT2D eigenvalue weighted by Crippen LogP contribution is -2.65. The van der Waals surface area contributed by atoms with Crippen molar-refractivity contribution in [3.8, 4) is 0 Å². The zero-order valence-electron chi connectivity index (χ0n) is 26.0. The van der Waals surface area contributed by atoms with Crippen LogP contribution in [0.3, 0.4) is 0 Å². The molecule has 0 spiro atoms. The number of aromatic nitrogens is 1. The summed E-state index contributed by atoms with van der Waals surface area (Å²) < 4.78 is 11.5. The number of nitrogens with one attached hydrogen (secondary N) is 3. The zero-order chi connectivity index (χ0) is 31.5. The van der Waals surface area contributed by atoms with Gasteiger partial charge in [-0.15, -0.1) is 0 Å². The minimum Gasteiger partial charge on any atom is -0.456 e. The van der Waals surface area contributed by atoms with Crippen LogP contribution in [0.15, 0.2) is 36.5 Å². The molecule has 43 heavy (non-hydrogen) atoms. The van der Waals surface area contributed by atoms with E-state index in [0.717, 1.165) is 16.3 Å². The van der Waals surface area contributed by atoms with Crippen LogP contribution in [0.1, 0.15) is 71.7 Å². The van der Waals surface area contributed by atoms with E-state index in [1.807, 2.05) is 45.0 Å². The van der Waals surface area contributed by atoms with Crippen LogP contribution >= 0.6 is 0 Å². The molecule has 0 saturated carbocycles. The minimum absolute atomic E-state index is 0.250. The number of nitrogens with zero attached hydrogens (tertiary/aromatic N) is 2. The van der Waals surface area contributed by atoms with Gasteiger partial charge in [0.25, 0.3) is 5.91 Å². The first kappa shape index (κ1) is 32.1. The minimum atomic E-state index is -1.13. The quantitative estimate of drug-likeness (QED) is 0.452.